The fourth-order valence-electron chi connectivity index (χ4n) is 10.6. The average molecular weight is 908 g/mol. The minimum atomic E-state index is -0.713. The molecule has 14 nitrogen and oxygen atoms in total. The molecule has 1 aliphatic carbocycles. The summed E-state index contributed by atoms with van der Waals surface area (Å²) >= 11 is 0. The van der Waals surface area contributed by atoms with Crippen LogP contribution in [0.25, 0.3) is 11.0 Å². The Balaban J connectivity index is 0.991. The summed E-state index contributed by atoms with van der Waals surface area (Å²) < 4.78 is 15.9. The molecule has 1 aromatic heterocycles. The van der Waals surface area contributed by atoms with Gasteiger partial charge in [0.2, 0.25) is 11.8 Å². The number of hydrogen-bond acceptors (Lipinski definition) is 9. The zero-order valence-corrected chi connectivity index (χ0v) is 39.2. The summed E-state index contributed by atoms with van der Waals surface area (Å²) in [7, 11) is 2.61. The molecule has 1 saturated carbocycles. The molecule has 2 saturated heterocycles. The number of aromatic nitrogens is 2. The quantitative estimate of drug-likeness (QED) is 0.0994. The third-order valence-electron chi connectivity index (χ3n) is 14.1. The highest BCUT2D eigenvalue weighted by molar-refractivity contribution is 6.01. The Kier molecular flexibility index (Phi) is 13.1. The second-order valence-electron chi connectivity index (χ2n) is 19.1. The molecule has 4 heterocycles. The molecule has 4 aromatic carbocycles. The predicted molar refractivity (Wildman–Crippen MR) is 256 cm³/mol. The van der Waals surface area contributed by atoms with Crippen LogP contribution in [-0.4, -0.2) is 94.9 Å². The zero-order chi connectivity index (χ0) is 46.9. The largest absolute Gasteiger partial charge is 0.489 e. The Morgan fingerprint density at radius 2 is 1.27 bits per heavy atom. The number of alkyl carbamates (subject to hydrolysis) is 2. The van der Waals surface area contributed by atoms with Gasteiger partial charge in [-0.1, -0.05) is 88.4 Å². The van der Waals surface area contributed by atoms with Crippen molar-refractivity contribution in [3.63, 3.8) is 0 Å². The van der Waals surface area contributed by atoms with Gasteiger partial charge in [-0.3, -0.25) is 14.6 Å². The van der Waals surface area contributed by atoms with Gasteiger partial charge in [-0.15, -0.1) is 0 Å². The van der Waals surface area contributed by atoms with Gasteiger partial charge < -0.3 is 39.6 Å². The molecule has 7 atom stereocenters. The molecule has 0 bridgehead atoms. The number of likely N-dealkylation sites (tertiary alicyclic amines) is 2. The molecule has 4 amide bonds. The molecule has 0 radical (unpaired) electrons. The van der Waals surface area contributed by atoms with Crippen LogP contribution in [0.5, 0.6) is 5.75 Å². The highest BCUT2D eigenvalue weighted by Crippen LogP contribution is 2.66. The number of H-pyrrole nitrogens is 1. The molecule has 0 spiro atoms. The molecular formula is C53H61N7O7. The van der Waals surface area contributed by atoms with E-state index in [4.69, 9.17) is 24.2 Å². The fraction of sp³-hybridized carbons (Fsp3) is 0.434. The molecule has 9 rings (SSSR count). The lowest BCUT2D eigenvalue weighted by Crippen LogP contribution is -2.53. The number of rotatable bonds is 14. The number of benzene rings is 4. The summed E-state index contributed by atoms with van der Waals surface area (Å²) in [5.74, 6) is 1.58. The first-order chi connectivity index (χ1) is 32.4. The number of aromatic amines is 1. The summed E-state index contributed by atoms with van der Waals surface area (Å²) in [4.78, 5) is 69.8. The number of aliphatic imine (C=N–C) groups is 1. The minimum absolute atomic E-state index is 0.106. The van der Waals surface area contributed by atoms with E-state index in [1.807, 2.05) is 55.7 Å². The first-order valence-electron chi connectivity index (χ1n) is 23.7. The fourth-order valence-corrected chi connectivity index (χ4v) is 10.6. The number of amides is 4. The Morgan fingerprint density at radius 3 is 1.90 bits per heavy atom. The smallest absolute Gasteiger partial charge is 0.407 e. The molecule has 14 heteroatoms. The number of methoxy groups -OCH3 is 2. The first-order valence-corrected chi connectivity index (χ1v) is 23.7. The monoisotopic (exact) mass is 907 g/mol. The second-order valence-corrected chi connectivity index (χ2v) is 19.1. The van der Waals surface area contributed by atoms with Crippen LogP contribution in [0.2, 0.25) is 0 Å². The predicted octanol–water partition coefficient (Wildman–Crippen LogP) is 8.85. The van der Waals surface area contributed by atoms with E-state index in [1.165, 1.54) is 30.9 Å². The topological polar surface area (TPSA) is 168 Å². The van der Waals surface area contributed by atoms with E-state index in [0.29, 0.717) is 26.1 Å². The summed E-state index contributed by atoms with van der Waals surface area (Å²) in [6.45, 7) is 9.37. The Bertz CT molecular complexity index is 2660. The van der Waals surface area contributed by atoms with E-state index in [1.54, 1.807) is 0 Å². The van der Waals surface area contributed by atoms with E-state index in [-0.39, 0.29) is 53.5 Å². The van der Waals surface area contributed by atoms with Crippen LogP contribution < -0.4 is 15.4 Å². The number of carbonyl (C=O) groups is 4. The number of nitrogens with zero attached hydrogens (tertiary/aromatic N) is 4. The van der Waals surface area contributed by atoms with Crippen molar-refractivity contribution in [3.8, 4) is 5.75 Å². The normalized spacial score (nSPS) is 21.8. The molecule has 5 aromatic rings. The van der Waals surface area contributed by atoms with Crippen molar-refractivity contribution in [2.75, 3.05) is 27.3 Å². The van der Waals surface area contributed by atoms with Crippen molar-refractivity contribution in [3.05, 3.63) is 125 Å². The van der Waals surface area contributed by atoms with E-state index in [0.717, 1.165) is 70.8 Å². The third-order valence-corrected chi connectivity index (χ3v) is 14.1. The molecule has 3 aliphatic heterocycles. The van der Waals surface area contributed by atoms with Crippen LogP contribution in [-0.2, 0) is 32.1 Å². The van der Waals surface area contributed by atoms with Gasteiger partial charge >= 0.3 is 12.2 Å². The SMILES string of the molecule is COC(=O)N[C@H](C(=O)N1CCC[C@H]1C1=Nc2cc(C3C(c4ccc(OCc5ccccc5)cc4)C3c3ccc4nc([C@@H]5CCCN5C(=O)[C@@H](NC(=O)OC)C(C)C)[nH]c4c3)ccc2C1)C(C)C. The van der Waals surface area contributed by atoms with E-state index in [2.05, 4.69) is 88.4 Å². The summed E-state index contributed by atoms with van der Waals surface area (Å²) in [6, 6.07) is 30.0. The van der Waals surface area contributed by atoms with Crippen molar-refractivity contribution in [1.82, 2.24) is 30.4 Å². The molecule has 3 unspecified atom stereocenters. The number of hydrogen-bond donors (Lipinski definition) is 3. The van der Waals surface area contributed by atoms with E-state index in [9.17, 15) is 19.2 Å². The average Bonchev–Trinajstić information content (AvgIpc) is 3.90. The maximum absolute atomic E-state index is 13.9. The number of nitrogens with one attached hydrogen (secondary N) is 3. The maximum atomic E-state index is 13.9. The Hall–Kier alpha value is -6.70. The molecule has 3 N–H and O–H groups in total. The Labute approximate surface area is 391 Å². The Morgan fingerprint density at radius 1 is 0.701 bits per heavy atom. The van der Waals surface area contributed by atoms with Gasteiger partial charge in [0.15, 0.2) is 0 Å². The lowest BCUT2D eigenvalue weighted by molar-refractivity contribution is -0.135. The van der Waals surface area contributed by atoms with Gasteiger partial charge in [-0.05, 0) is 113 Å². The number of carbonyl (C=O) groups excluding carboxylic acids is 4. The second kappa shape index (κ2) is 19.3. The van der Waals surface area contributed by atoms with Crippen LogP contribution in [0.15, 0.2) is 96.0 Å². The van der Waals surface area contributed by atoms with E-state index >= 15 is 0 Å². The highest BCUT2D eigenvalue weighted by atomic mass is 16.5. The van der Waals surface area contributed by atoms with Crippen molar-refractivity contribution < 1.29 is 33.4 Å². The van der Waals surface area contributed by atoms with Gasteiger partial charge in [0.25, 0.3) is 0 Å². The van der Waals surface area contributed by atoms with E-state index < -0.39 is 24.3 Å². The molecular weight excluding hydrogens is 847 g/mol. The summed E-state index contributed by atoms with van der Waals surface area (Å²) in [6.07, 6.45) is 2.72. The maximum Gasteiger partial charge on any atom is 0.407 e. The molecule has 350 valence electrons. The van der Waals surface area contributed by atoms with Crippen LogP contribution in [0.3, 0.4) is 0 Å². The summed E-state index contributed by atoms with van der Waals surface area (Å²) in [5.41, 5.74) is 9.54. The first kappa shape index (κ1) is 45.5. The molecule has 67 heavy (non-hydrogen) atoms. The van der Waals surface area contributed by atoms with Crippen molar-refractivity contribution >= 4 is 46.4 Å². The number of imidazole rings is 1. The van der Waals surface area contributed by atoms with Gasteiger partial charge in [-0.25, -0.2) is 14.6 Å². The van der Waals surface area contributed by atoms with Crippen LogP contribution in [0.4, 0.5) is 15.3 Å². The zero-order valence-electron chi connectivity index (χ0n) is 39.2. The lowest BCUT2D eigenvalue weighted by Gasteiger charge is -2.30. The highest BCUT2D eigenvalue weighted by Gasteiger charge is 2.53. The number of ether oxygens (including phenoxy) is 3. The lowest BCUT2D eigenvalue weighted by atomic mass is 9.98. The van der Waals surface area contributed by atoms with Gasteiger partial charge in [0.1, 0.15) is 30.3 Å². The van der Waals surface area contributed by atoms with Crippen LogP contribution >= 0.6 is 0 Å². The third kappa shape index (κ3) is 9.35. The van der Waals surface area contributed by atoms with Gasteiger partial charge in [0, 0.05) is 25.2 Å². The van der Waals surface area contributed by atoms with Crippen molar-refractivity contribution in [2.24, 2.45) is 16.8 Å². The van der Waals surface area contributed by atoms with Crippen LogP contribution in [0, 0.1) is 11.8 Å². The summed E-state index contributed by atoms with van der Waals surface area (Å²) in [5, 5.41) is 5.50. The standard InChI is InChI=1S/C53H61N7O7/c1-30(2)47(57-52(63)65-5)50(61)59-24-10-14-42(59)41-26-34-16-17-35(27-39(34)54-41)45-44(33-18-21-37(22-19-33)67-29-32-12-8-7-9-13-32)46(45)36-20-23-38-40(28-36)56-49(55-38)43-15-11-25-60(43)51(62)48(31(3)4)58-53(64)66-6/h7-9,12-13,16-23,27-28,30-31,42-48H,10-11,14-15,24-26,29H2,1-6H3,(H,55,56)(H,57,63)(H,58,64)/t42-,43-,44?,45?,46?,47-,48-/m0/s1. The molecule has 3 fully saturated rings. The van der Waals surface area contributed by atoms with Crippen molar-refractivity contribution in [1.29, 1.82) is 0 Å². The van der Waals surface area contributed by atoms with Gasteiger partial charge in [0.05, 0.1) is 43.0 Å². The molecule has 4 aliphatic rings. The minimum Gasteiger partial charge on any atom is -0.489 e. The number of fused-ring (bicyclic) bond motifs is 2. The van der Waals surface area contributed by atoms with Crippen LogP contribution in [0.1, 0.15) is 111 Å². The van der Waals surface area contributed by atoms with Gasteiger partial charge in [-0.2, -0.15) is 0 Å². The van der Waals surface area contributed by atoms with Crippen molar-refractivity contribution in [2.45, 2.75) is 108 Å².